The van der Waals surface area contributed by atoms with E-state index in [1.807, 2.05) is 44.2 Å². The van der Waals surface area contributed by atoms with Crippen molar-refractivity contribution in [2.24, 2.45) is 0 Å². The molecule has 0 fully saturated rings. The lowest BCUT2D eigenvalue weighted by Gasteiger charge is -2.30. The summed E-state index contributed by atoms with van der Waals surface area (Å²) < 4.78 is 37.6. The minimum Gasteiger partial charge on any atom is -0.493 e. The van der Waals surface area contributed by atoms with Crippen LogP contribution in [-0.4, -0.2) is 40.5 Å². The van der Waals surface area contributed by atoms with E-state index in [2.05, 4.69) is 0 Å². The fourth-order valence-electron chi connectivity index (χ4n) is 2.78. The van der Waals surface area contributed by atoms with Gasteiger partial charge < -0.3 is 9.47 Å². The normalized spacial score (nSPS) is 12.2. The number of nitrogens with zero attached hydrogens (tertiary/aromatic N) is 1. The number of rotatable bonds is 7. The first-order chi connectivity index (χ1) is 11.7. The van der Waals surface area contributed by atoms with Gasteiger partial charge in [-0.15, -0.1) is 0 Å². The largest absolute Gasteiger partial charge is 0.493 e. The highest BCUT2D eigenvalue weighted by atomic mass is 32.2. The highest BCUT2D eigenvalue weighted by Gasteiger charge is 2.29. The average molecular weight is 363 g/mol. The Morgan fingerprint density at radius 2 is 1.56 bits per heavy atom. The molecule has 0 aliphatic carbocycles. The maximum atomic E-state index is 12.9. The lowest BCUT2D eigenvalue weighted by atomic mass is 9.85. The summed E-state index contributed by atoms with van der Waals surface area (Å²) in [5.41, 5.74) is 0.768. The van der Waals surface area contributed by atoms with Gasteiger partial charge in [0, 0.05) is 25.1 Å². The third-order valence-corrected chi connectivity index (χ3v) is 6.04. The van der Waals surface area contributed by atoms with Crippen LogP contribution in [0.4, 0.5) is 0 Å². The number of benzene rings is 2. The summed E-state index contributed by atoms with van der Waals surface area (Å²) in [4.78, 5) is 0.177. The van der Waals surface area contributed by atoms with E-state index < -0.39 is 10.0 Å². The van der Waals surface area contributed by atoms with Crippen LogP contribution in [0.5, 0.6) is 11.5 Å². The van der Waals surface area contributed by atoms with E-state index in [1.165, 1.54) is 30.7 Å². The van der Waals surface area contributed by atoms with E-state index in [-0.39, 0.29) is 10.3 Å². The SMILES string of the molecule is COc1ccc(S(=O)(=O)N(C)CC(C)(C)c2ccccc2)cc1OC. The molecule has 2 aromatic rings. The number of likely N-dealkylation sites (N-methyl/N-ethyl adjacent to an activating group) is 1. The van der Waals surface area contributed by atoms with Crippen molar-refractivity contribution in [1.82, 2.24) is 4.31 Å². The molecule has 2 rings (SSSR count). The van der Waals surface area contributed by atoms with Crippen LogP contribution in [0.1, 0.15) is 19.4 Å². The zero-order chi connectivity index (χ0) is 18.7. The molecule has 25 heavy (non-hydrogen) atoms. The van der Waals surface area contributed by atoms with Crippen molar-refractivity contribution in [2.75, 3.05) is 27.8 Å². The molecule has 5 nitrogen and oxygen atoms in total. The monoisotopic (exact) mass is 363 g/mol. The van der Waals surface area contributed by atoms with Gasteiger partial charge in [-0.05, 0) is 17.7 Å². The van der Waals surface area contributed by atoms with Gasteiger partial charge in [0.15, 0.2) is 11.5 Å². The molecule has 0 amide bonds. The molecule has 0 aromatic heterocycles. The van der Waals surface area contributed by atoms with Gasteiger partial charge >= 0.3 is 0 Å². The van der Waals surface area contributed by atoms with Crippen LogP contribution in [0.15, 0.2) is 53.4 Å². The van der Waals surface area contributed by atoms with Crippen LogP contribution in [0.3, 0.4) is 0 Å². The Hall–Kier alpha value is -2.05. The van der Waals surface area contributed by atoms with E-state index in [1.54, 1.807) is 13.1 Å². The Kier molecular flexibility index (Phi) is 5.75. The molecule has 0 spiro atoms. The average Bonchev–Trinajstić information content (AvgIpc) is 2.61. The fourth-order valence-corrected chi connectivity index (χ4v) is 4.13. The van der Waals surface area contributed by atoms with E-state index >= 15 is 0 Å². The zero-order valence-electron chi connectivity index (χ0n) is 15.3. The van der Waals surface area contributed by atoms with Crippen molar-refractivity contribution in [2.45, 2.75) is 24.2 Å². The van der Waals surface area contributed by atoms with E-state index in [0.29, 0.717) is 18.0 Å². The molecule has 0 saturated heterocycles. The van der Waals surface area contributed by atoms with Crippen molar-refractivity contribution in [3.63, 3.8) is 0 Å². The van der Waals surface area contributed by atoms with Crippen LogP contribution in [0, 0.1) is 0 Å². The predicted octanol–water partition coefficient (Wildman–Crippen LogP) is 3.30. The van der Waals surface area contributed by atoms with Crippen LogP contribution in [-0.2, 0) is 15.4 Å². The number of methoxy groups -OCH3 is 2. The van der Waals surface area contributed by atoms with Gasteiger partial charge in [0.2, 0.25) is 10.0 Å². The third kappa shape index (κ3) is 4.14. The lowest BCUT2D eigenvalue weighted by Crippen LogP contribution is -2.38. The minimum atomic E-state index is -3.64. The summed E-state index contributed by atoms with van der Waals surface area (Å²) >= 11 is 0. The Bertz CT molecular complexity index is 817. The number of sulfonamides is 1. The van der Waals surface area contributed by atoms with Crippen molar-refractivity contribution >= 4 is 10.0 Å². The van der Waals surface area contributed by atoms with Gasteiger partial charge in [-0.3, -0.25) is 0 Å². The van der Waals surface area contributed by atoms with Gasteiger partial charge in [0.1, 0.15) is 0 Å². The van der Waals surface area contributed by atoms with Gasteiger partial charge in [-0.25, -0.2) is 12.7 Å². The number of ether oxygens (including phenoxy) is 2. The molecular formula is C19H25NO4S. The van der Waals surface area contributed by atoms with Crippen molar-refractivity contribution in [1.29, 1.82) is 0 Å². The zero-order valence-corrected chi connectivity index (χ0v) is 16.1. The Labute approximate surface area is 150 Å². The second-order valence-electron chi connectivity index (χ2n) is 6.53. The van der Waals surface area contributed by atoms with Crippen LogP contribution in [0.25, 0.3) is 0 Å². The highest BCUT2D eigenvalue weighted by molar-refractivity contribution is 7.89. The quantitative estimate of drug-likeness (QED) is 0.757. The summed E-state index contributed by atoms with van der Waals surface area (Å²) in [6.45, 7) is 4.42. The molecule has 0 atom stereocenters. The molecular weight excluding hydrogens is 338 g/mol. The Morgan fingerprint density at radius 3 is 2.12 bits per heavy atom. The van der Waals surface area contributed by atoms with E-state index in [0.717, 1.165) is 5.56 Å². The minimum absolute atomic E-state index is 0.177. The third-order valence-electron chi connectivity index (χ3n) is 4.24. The summed E-state index contributed by atoms with van der Waals surface area (Å²) in [6, 6.07) is 14.5. The maximum Gasteiger partial charge on any atom is 0.242 e. The first-order valence-electron chi connectivity index (χ1n) is 7.96. The molecule has 6 heteroatoms. The van der Waals surface area contributed by atoms with Crippen LogP contribution in [0.2, 0.25) is 0 Å². The Balaban J connectivity index is 2.30. The predicted molar refractivity (Wildman–Crippen MR) is 98.8 cm³/mol. The number of hydrogen-bond acceptors (Lipinski definition) is 4. The van der Waals surface area contributed by atoms with Crippen molar-refractivity contribution in [3.05, 3.63) is 54.1 Å². The molecule has 0 aliphatic rings. The molecule has 0 saturated carbocycles. The van der Waals surface area contributed by atoms with Crippen LogP contribution >= 0.6 is 0 Å². The lowest BCUT2D eigenvalue weighted by molar-refractivity contribution is 0.352. The first-order valence-corrected chi connectivity index (χ1v) is 9.40. The van der Waals surface area contributed by atoms with Gasteiger partial charge in [-0.2, -0.15) is 0 Å². The molecule has 136 valence electrons. The highest BCUT2D eigenvalue weighted by Crippen LogP contribution is 2.31. The summed E-state index contributed by atoms with van der Waals surface area (Å²) in [5, 5.41) is 0. The first kappa shape index (κ1) is 19.3. The van der Waals surface area contributed by atoms with E-state index in [9.17, 15) is 8.42 Å². The summed E-state index contributed by atoms with van der Waals surface area (Å²) in [7, 11) is 0.951. The smallest absolute Gasteiger partial charge is 0.242 e. The molecule has 0 bridgehead atoms. The Morgan fingerprint density at radius 1 is 0.960 bits per heavy atom. The maximum absolute atomic E-state index is 12.9. The van der Waals surface area contributed by atoms with Crippen molar-refractivity contribution in [3.8, 4) is 11.5 Å². The van der Waals surface area contributed by atoms with E-state index in [4.69, 9.17) is 9.47 Å². The summed E-state index contributed by atoms with van der Waals surface area (Å²) in [6.07, 6.45) is 0. The molecule has 0 heterocycles. The summed E-state index contributed by atoms with van der Waals surface area (Å²) in [5.74, 6) is 0.882. The molecule has 0 aliphatic heterocycles. The molecule has 2 aromatic carbocycles. The second-order valence-corrected chi connectivity index (χ2v) is 8.57. The molecule has 0 radical (unpaired) electrons. The fraction of sp³-hybridized carbons (Fsp3) is 0.368. The van der Waals surface area contributed by atoms with Gasteiger partial charge in [0.25, 0.3) is 0 Å². The second kappa shape index (κ2) is 7.45. The van der Waals surface area contributed by atoms with Crippen molar-refractivity contribution < 1.29 is 17.9 Å². The topological polar surface area (TPSA) is 55.8 Å². The molecule has 0 unspecified atom stereocenters. The molecule has 0 N–H and O–H groups in total. The number of hydrogen-bond donors (Lipinski definition) is 0. The van der Waals surface area contributed by atoms with Gasteiger partial charge in [0.05, 0.1) is 19.1 Å². The van der Waals surface area contributed by atoms with Gasteiger partial charge in [-0.1, -0.05) is 44.2 Å². The standard InChI is InChI=1S/C19H25NO4S/c1-19(2,15-9-7-6-8-10-15)14-20(3)25(21,22)16-11-12-17(23-4)18(13-16)24-5/h6-13H,14H2,1-5H3. The van der Waals surface area contributed by atoms with Crippen LogP contribution < -0.4 is 9.47 Å².